The van der Waals surface area contributed by atoms with Crippen LogP contribution >= 0.6 is 11.6 Å². The summed E-state index contributed by atoms with van der Waals surface area (Å²) in [6.07, 6.45) is 2.97. The molecule has 0 saturated carbocycles. The van der Waals surface area contributed by atoms with Crippen molar-refractivity contribution in [3.05, 3.63) is 52.3 Å². The zero-order valence-electron chi connectivity index (χ0n) is 10.7. The maximum Gasteiger partial charge on any atom is 0.257 e. The minimum absolute atomic E-state index is 0.297. The summed E-state index contributed by atoms with van der Waals surface area (Å²) in [7, 11) is 0. The second kappa shape index (κ2) is 5.28. The van der Waals surface area contributed by atoms with Crippen molar-refractivity contribution in [2.45, 2.75) is 13.8 Å². The van der Waals surface area contributed by atoms with Gasteiger partial charge in [0.05, 0.1) is 28.2 Å². The molecule has 0 aliphatic carbocycles. The van der Waals surface area contributed by atoms with E-state index in [1.807, 2.05) is 19.9 Å². The standard InChI is InChI=1S/C14H14ClN3O/c1-8-5-9(2)13(11(15)6-8)18-14(19)10-3-4-17-7-12(10)16/h3-7H,16H2,1-2H3,(H,18,19). The van der Waals surface area contributed by atoms with Crippen molar-refractivity contribution in [3.8, 4) is 0 Å². The van der Waals surface area contributed by atoms with E-state index in [4.69, 9.17) is 17.3 Å². The van der Waals surface area contributed by atoms with Crippen molar-refractivity contribution >= 4 is 28.9 Å². The van der Waals surface area contributed by atoms with Gasteiger partial charge in [-0.15, -0.1) is 0 Å². The van der Waals surface area contributed by atoms with Crippen molar-refractivity contribution < 1.29 is 4.79 Å². The van der Waals surface area contributed by atoms with E-state index in [0.29, 0.717) is 22.0 Å². The number of nitrogens with zero attached hydrogens (tertiary/aromatic N) is 1. The van der Waals surface area contributed by atoms with Crippen LogP contribution in [0.2, 0.25) is 5.02 Å². The van der Waals surface area contributed by atoms with Gasteiger partial charge < -0.3 is 11.1 Å². The van der Waals surface area contributed by atoms with Gasteiger partial charge in [-0.1, -0.05) is 17.7 Å². The van der Waals surface area contributed by atoms with E-state index in [-0.39, 0.29) is 5.91 Å². The van der Waals surface area contributed by atoms with Gasteiger partial charge in [-0.05, 0) is 37.1 Å². The zero-order valence-corrected chi connectivity index (χ0v) is 11.5. The van der Waals surface area contributed by atoms with E-state index in [0.717, 1.165) is 11.1 Å². The van der Waals surface area contributed by atoms with Crippen molar-refractivity contribution in [2.24, 2.45) is 0 Å². The number of aryl methyl sites for hydroxylation is 2. The number of hydrogen-bond acceptors (Lipinski definition) is 3. The van der Waals surface area contributed by atoms with Crippen molar-refractivity contribution in [3.63, 3.8) is 0 Å². The molecular formula is C14H14ClN3O. The number of carbonyl (C=O) groups excluding carboxylic acids is 1. The van der Waals surface area contributed by atoms with Crippen LogP contribution in [0.5, 0.6) is 0 Å². The second-order valence-corrected chi connectivity index (χ2v) is 4.76. The summed E-state index contributed by atoms with van der Waals surface area (Å²) in [5, 5.41) is 3.30. The van der Waals surface area contributed by atoms with Crippen LogP contribution in [-0.2, 0) is 0 Å². The van der Waals surface area contributed by atoms with E-state index < -0.39 is 0 Å². The van der Waals surface area contributed by atoms with Crippen molar-refractivity contribution in [1.29, 1.82) is 0 Å². The second-order valence-electron chi connectivity index (χ2n) is 4.36. The van der Waals surface area contributed by atoms with Gasteiger partial charge in [-0.25, -0.2) is 0 Å². The lowest BCUT2D eigenvalue weighted by Crippen LogP contribution is -2.15. The Morgan fingerprint density at radius 1 is 1.37 bits per heavy atom. The zero-order chi connectivity index (χ0) is 14.0. The predicted octanol–water partition coefficient (Wildman–Crippen LogP) is 3.19. The number of rotatable bonds is 2. The minimum atomic E-state index is -0.297. The highest BCUT2D eigenvalue weighted by Crippen LogP contribution is 2.28. The molecule has 0 bridgehead atoms. The van der Waals surface area contributed by atoms with Gasteiger partial charge in [0, 0.05) is 6.20 Å². The Labute approximate surface area is 116 Å². The number of amides is 1. The predicted molar refractivity (Wildman–Crippen MR) is 77.5 cm³/mol. The third-order valence-electron chi connectivity index (χ3n) is 2.77. The van der Waals surface area contributed by atoms with Gasteiger partial charge in [0.1, 0.15) is 0 Å². The fourth-order valence-electron chi connectivity index (χ4n) is 1.87. The Hall–Kier alpha value is -2.07. The number of nitrogens with one attached hydrogen (secondary N) is 1. The highest BCUT2D eigenvalue weighted by molar-refractivity contribution is 6.34. The van der Waals surface area contributed by atoms with Crippen LogP contribution < -0.4 is 11.1 Å². The fraction of sp³-hybridized carbons (Fsp3) is 0.143. The number of anilines is 2. The van der Waals surface area contributed by atoms with Gasteiger partial charge in [-0.2, -0.15) is 0 Å². The lowest BCUT2D eigenvalue weighted by Gasteiger charge is -2.12. The molecule has 2 rings (SSSR count). The largest absolute Gasteiger partial charge is 0.397 e. The maximum absolute atomic E-state index is 12.1. The lowest BCUT2D eigenvalue weighted by atomic mass is 10.1. The summed E-state index contributed by atoms with van der Waals surface area (Å²) >= 11 is 6.15. The summed E-state index contributed by atoms with van der Waals surface area (Å²) in [6.45, 7) is 3.84. The van der Waals surface area contributed by atoms with Crippen LogP contribution in [0.1, 0.15) is 21.5 Å². The fourth-order valence-corrected chi connectivity index (χ4v) is 2.24. The number of aromatic nitrogens is 1. The van der Waals surface area contributed by atoms with Gasteiger partial charge >= 0.3 is 0 Å². The van der Waals surface area contributed by atoms with E-state index in [1.54, 1.807) is 12.1 Å². The molecule has 4 nitrogen and oxygen atoms in total. The molecule has 1 heterocycles. The number of carbonyl (C=O) groups is 1. The molecule has 0 atom stereocenters. The Morgan fingerprint density at radius 3 is 2.74 bits per heavy atom. The number of halogens is 1. The van der Waals surface area contributed by atoms with Crippen LogP contribution in [0.3, 0.4) is 0 Å². The molecule has 1 aromatic carbocycles. The smallest absolute Gasteiger partial charge is 0.257 e. The topological polar surface area (TPSA) is 68.0 Å². The quantitative estimate of drug-likeness (QED) is 0.884. The van der Waals surface area contributed by atoms with E-state index in [2.05, 4.69) is 10.3 Å². The molecule has 19 heavy (non-hydrogen) atoms. The maximum atomic E-state index is 12.1. The summed E-state index contributed by atoms with van der Waals surface area (Å²) in [6, 6.07) is 5.33. The molecule has 0 saturated heterocycles. The minimum Gasteiger partial charge on any atom is -0.397 e. The molecule has 0 spiro atoms. The first-order chi connectivity index (χ1) is 8.99. The third-order valence-corrected chi connectivity index (χ3v) is 3.06. The highest BCUT2D eigenvalue weighted by Gasteiger charge is 2.13. The Balaban J connectivity index is 2.32. The Bertz CT molecular complexity index is 617. The molecule has 0 radical (unpaired) electrons. The van der Waals surface area contributed by atoms with Gasteiger partial charge in [-0.3, -0.25) is 9.78 Å². The van der Waals surface area contributed by atoms with Crippen LogP contribution in [0.25, 0.3) is 0 Å². The SMILES string of the molecule is Cc1cc(C)c(NC(=O)c2ccncc2N)c(Cl)c1. The highest BCUT2D eigenvalue weighted by atomic mass is 35.5. The first kappa shape index (κ1) is 13.4. The molecule has 0 aliphatic rings. The number of hydrogen-bond donors (Lipinski definition) is 2. The van der Waals surface area contributed by atoms with Crippen molar-refractivity contribution in [1.82, 2.24) is 4.98 Å². The van der Waals surface area contributed by atoms with E-state index in [9.17, 15) is 4.79 Å². The van der Waals surface area contributed by atoms with Crippen LogP contribution in [0.4, 0.5) is 11.4 Å². The van der Waals surface area contributed by atoms with Crippen LogP contribution in [0.15, 0.2) is 30.6 Å². The summed E-state index contributed by atoms with van der Waals surface area (Å²) in [5.41, 5.74) is 8.99. The van der Waals surface area contributed by atoms with Gasteiger partial charge in [0.2, 0.25) is 0 Å². The number of pyridine rings is 1. The molecular weight excluding hydrogens is 262 g/mol. The average Bonchev–Trinajstić information content (AvgIpc) is 2.34. The third kappa shape index (κ3) is 2.85. The number of nitrogens with two attached hydrogens (primary N) is 1. The van der Waals surface area contributed by atoms with Gasteiger partial charge in [0.25, 0.3) is 5.91 Å². The Kier molecular flexibility index (Phi) is 3.71. The molecule has 1 amide bonds. The first-order valence-electron chi connectivity index (χ1n) is 5.76. The monoisotopic (exact) mass is 275 g/mol. The van der Waals surface area contributed by atoms with Gasteiger partial charge in [0.15, 0.2) is 0 Å². The molecule has 5 heteroatoms. The average molecular weight is 276 g/mol. The molecule has 1 aromatic heterocycles. The summed E-state index contributed by atoms with van der Waals surface area (Å²) < 4.78 is 0. The first-order valence-corrected chi connectivity index (χ1v) is 6.14. The Morgan fingerprint density at radius 2 is 2.11 bits per heavy atom. The van der Waals surface area contributed by atoms with E-state index >= 15 is 0 Å². The van der Waals surface area contributed by atoms with Crippen molar-refractivity contribution in [2.75, 3.05) is 11.1 Å². The molecule has 2 aromatic rings. The summed E-state index contributed by atoms with van der Waals surface area (Å²) in [5.74, 6) is -0.297. The lowest BCUT2D eigenvalue weighted by molar-refractivity contribution is 0.102. The molecule has 0 fully saturated rings. The normalized spacial score (nSPS) is 10.3. The summed E-state index contributed by atoms with van der Waals surface area (Å²) in [4.78, 5) is 16.0. The number of benzene rings is 1. The van der Waals surface area contributed by atoms with Crippen LogP contribution in [-0.4, -0.2) is 10.9 Å². The molecule has 0 unspecified atom stereocenters. The molecule has 98 valence electrons. The number of nitrogen functional groups attached to an aromatic ring is 1. The molecule has 3 N–H and O–H groups in total. The van der Waals surface area contributed by atoms with E-state index in [1.165, 1.54) is 12.4 Å². The molecule has 0 aliphatic heterocycles. The van der Waals surface area contributed by atoms with Crippen LogP contribution in [0, 0.1) is 13.8 Å².